The summed E-state index contributed by atoms with van der Waals surface area (Å²) >= 11 is 9.65. The van der Waals surface area contributed by atoms with Crippen molar-refractivity contribution in [1.29, 1.82) is 0 Å². The van der Waals surface area contributed by atoms with Crippen LogP contribution in [-0.2, 0) is 16.1 Å². The summed E-state index contributed by atoms with van der Waals surface area (Å²) in [4.78, 5) is 40.6. The van der Waals surface area contributed by atoms with Crippen molar-refractivity contribution >= 4 is 46.6 Å². The summed E-state index contributed by atoms with van der Waals surface area (Å²) in [6.45, 7) is 0.354. The fourth-order valence-corrected chi connectivity index (χ4v) is 7.35. The van der Waals surface area contributed by atoms with Gasteiger partial charge in [-0.3, -0.25) is 9.69 Å². The Bertz CT molecular complexity index is 1310. The van der Waals surface area contributed by atoms with E-state index in [9.17, 15) is 19.1 Å². The van der Waals surface area contributed by atoms with Crippen LogP contribution in [0.4, 0.5) is 4.39 Å². The molecule has 12 heteroatoms. The number of halogens is 2. The molecule has 2 atom stereocenters. The van der Waals surface area contributed by atoms with Crippen LogP contribution in [-0.4, -0.2) is 67.6 Å². The summed E-state index contributed by atoms with van der Waals surface area (Å²) in [7, 11) is 1.29. The minimum atomic E-state index is -0.776. The number of carboxylic acids is 1. The Hall–Kier alpha value is -2.60. The highest BCUT2D eigenvalue weighted by atomic mass is 35.5. The van der Waals surface area contributed by atoms with Gasteiger partial charge >= 0.3 is 11.9 Å². The Morgan fingerprint density at radius 1 is 1.24 bits per heavy atom. The average Bonchev–Trinajstić information content (AvgIpc) is 3.38. The third-order valence-corrected chi connectivity index (χ3v) is 9.07. The molecule has 37 heavy (non-hydrogen) atoms. The predicted octanol–water partition coefficient (Wildman–Crippen LogP) is 5.02. The molecule has 5 rings (SSSR count). The lowest BCUT2D eigenvalue weighted by molar-refractivity contribution is -0.138. The first kappa shape index (κ1) is 26.0. The number of rotatable bonds is 7. The zero-order valence-electron chi connectivity index (χ0n) is 19.9. The first-order chi connectivity index (χ1) is 17.8. The Labute approximate surface area is 226 Å². The van der Waals surface area contributed by atoms with Crippen LogP contribution in [0.3, 0.4) is 0 Å². The van der Waals surface area contributed by atoms with Gasteiger partial charge in [0.25, 0.3) is 0 Å². The zero-order chi connectivity index (χ0) is 26.1. The number of thioether (sulfide) groups is 1. The third-order valence-electron chi connectivity index (χ3n) is 6.75. The number of fused-ring (bicyclic) bond motifs is 2. The number of benzene rings is 1. The Morgan fingerprint density at radius 2 is 2.00 bits per heavy atom. The van der Waals surface area contributed by atoms with Gasteiger partial charge in [-0.2, -0.15) is 11.8 Å². The number of carbonyl (C=O) groups excluding carboxylic acids is 1. The summed E-state index contributed by atoms with van der Waals surface area (Å²) in [6.07, 6.45) is 3.35. The number of esters is 1. The molecule has 1 aromatic carbocycles. The van der Waals surface area contributed by atoms with Gasteiger partial charge in [-0.1, -0.05) is 11.6 Å². The van der Waals surface area contributed by atoms with Gasteiger partial charge < -0.3 is 9.84 Å². The highest BCUT2D eigenvalue weighted by Gasteiger charge is 2.40. The summed E-state index contributed by atoms with van der Waals surface area (Å²) in [5.74, 6) is 0.321. The normalized spacial score (nSPS) is 21.5. The fourth-order valence-electron chi connectivity index (χ4n) is 5.19. The number of aromatic nitrogens is 3. The number of hydrogen-bond acceptors (Lipinski definition) is 9. The second kappa shape index (κ2) is 11.0. The smallest absolute Gasteiger partial charge is 0.342 e. The second-order valence-corrected chi connectivity index (χ2v) is 11.5. The number of piperidine rings is 1. The molecule has 2 aliphatic rings. The lowest BCUT2D eigenvalue weighted by Gasteiger charge is -2.48. The maximum absolute atomic E-state index is 13.9. The molecule has 2 unspecified atom stereocenters. The predicted molar refractivity (Wildman–Crippen MR) is 140 cm³/mol. The maximum Gasteiger partial charge on any atom is 0.342 e. The number of nitrogens with zero attached hydrogens (tertiary/aromatic N) is 4. The Balaban J connectivity index is 1.61. The van der Waals surface area contributed by atoms with E-state index in [1.165, 1.54) is 36.6 Å². The number of ether oxygens (including phenoxy) is 1. The minimum absolute atomic E-state index is 0.114. The number of aliphatic carboxylic acids is 1. The monoisotopic (exact) mass is 562 g/mol. The quantitative estimate of drug-likeness (QED) is 0.397. The molecule has 0 amide bonds. The maximum atomic E-state index is 13.9. The molecule has 2 saturated heterocycles. The van der Waals surface area contributed by atoms with Crippen LogP contribution in [0.25, 0.3) is 22.1 Å². The van der Waals surface area contributed by atoms with Crippen molar-refractivity contribution in [1.82, 2.24) is 19.9 Å². The summed E-state index contributed by atoms with van der Waals surface area (Å²) in [6, 6.07) is 4.25. The van der Waals surface area contributed by atoms with Crippen molar-refractivity contribution in [2.75, 3.05) is 18.6 Å². The van der Waals surface area contributed by atoms with Gasteiger partial charge in [0.05, 0.1) is 23.5 Å². The van der Waals surface area contributed by atoms with Crippen molar-refractivity contribution in [3.05, 3.63) is 51.9 Å². The number of hydrogen-bond donors (Lipinski definition) is 1. The lowest BCUT2D eigenvalue weighted by atomic mass is 9.84. The van der Waals surface area contributed by atoms with Gasteiger partial charge in [0, 0.05) is 53.7 Å². The van der Waals surface area contributed by atoms with Crippen LogP contribution < -0.4 is 0 Å². The molecular formula is C25H24ClFN4O4S2. The molecule has 2 bridgehead atoms. The van der Waals surface area contributed by atoms with E-state index in [1.807, 2.05) is 17.1 Å². The molecule has 0 radical (unpaired) electrons. The molecule has 4 heterocycles. The fraction of sp³-hybridized carbons (Fsp3) is 0.400. The molecule has 0 aliphatic carbocycles. The molecule has 2 aromatic heterocycles. The van der Waals surface area contributed by atoms with Crippen LogP contribution >= 0.6 is 34.7 Å². The minimum Gasteiger partial charge on any atom is -0.481 e. The van der Waals surface area contributed by atoms with Gasteiger partial charge in [-0.05, 0) is 37.0 Å². The van der Waals surface area contributed by atoms with Crippen molar-refractivity contribution in [3.63, 3.8) is 0 Å². The van der Waals surface area contributed by atoms with Crippen LogP contribution in [0.15, 0.2) is 29.8 Å². The van der Waals surface area contributed by atoms with Crippen LogP contribution in [0.5, 0.6) is 0 Å². The van der Waals surface area contributed by atoms with E-state index in [1.54, 1.807) is 6.20 Å². The number of thiazole rings is 1. The van der Waals surface area contributed by atoms with Gasteiger partial charge in [-0.25, -0.2) is 24.1 Å². The van der Waals surface area contributed by atoms with Crippen LogP contribution in [0.1, 0.15) is 35.3 Å². The standard InChI is InChI=1S/C25H24ClFN4O4S2/c1-35-25(34)21-19(10-31-15-6-13(8-20(32)33)7-16(31)12-36-11-15)29-23(24-28-4-5-37-24)30-22(21)17-3-2-14(27)9-18(17)26/h2-5,9,13,15-16H,6-8,10-12H2,1H3,(H,32,33). The van der Waals surface area contributed by atoms with Crippen LogP contribution in [0.2, 0.25) is 5.02 Å². The van der Waals surface area contributed by atoms with E-state index >= 15 is 0 Å². The molecule has 0 spiro atoms. The summed E-state index contributed by atoms with van der Waals surface area (Å²) < 4.78 is 19.0. The molecule has 0 saturated carbocycles. The van der Waals surface area contributed by atoms with Gasteiger partial charge in [-0.15, -0.1) is 11.3 Å². The summed E-state index contributed by atoms with van der Waals surface area (Å²) in [5, 5.41) is 11.8. The van der Waals surface area contributed by atoms with E-state index in [0.717, 1.165) is 24.3 Å². The van der Waals surface area contributed by atoms with Crippen molar-refractivity contribution in [2.45, 2.75) is 37.9 Å². The number of carboxylic acid groups (broad SMARTS) is 1. The van der Waals surface area contributed by atoms with Gasteiger partial charge in [0.15, 0.2) is 10.8 Å². The van der Waals surface area contributed by atoms with E-state index in [-0.39, 0.29) is 40.7 Å². The molecule has 1 N–H and O–H groups in total. The second-order valence-electron chi connectivity index (χ2n) is 9.12. The highest BCUT2D eigenvalue weighted by molar-refractivity contribution is 7.99. The van der Waals surface area contributed by atoms with E-state index in [0.29, 0.717) is 28.6 Å². The van der Waals surface area contributed by atoms with Gasteiger partial charge in [0.2, 0.25) is 0 Å². The largest absolute Gasteiger partial charge is 0.481 e. The third kappa shape index (κ3) is 5.50. The lowest BCUT2D eigenvalue weighted by Crippen LogP contribution is -2.54. The van der Waals surface area contributed by atoms with E-state index in [4.69, 9.17) is 21.3 Å². The first-order valence-corrected chi connectivity index (χ1v) is 14.1. The van der Waals surface area contributed by atoms with E-state index < -0.39 is 17.8 Å². The molecule has 8 nitrogen and oxygen atoms in total. The Morgan fingerprint density at radius 3 is 2.62 bits per heavy atom. The SMILES string of the molecule is COC(=O)c1c(CN2C3CSCC2CC(CC(=O)O)C3)nc(-c2nccs2)nc1-c1ccc(F)cc1Cl. The van der Waals surface area contributed by atoms with Crippen molar-refractivity contribution in [3.8, 4) is 22.1 Å². The van der Waals surface area contributed by atoms with Crippen molar-refractivity contribution in [2.24, 2.45) is 5.92 Å². The zero-order valence-corrected chi connectivity index (χ0v) is 22.3. The average molecular weight is 563 g/mol. The number of carbonyl (C=O) groups is 2. The highest BCUT2D eigenvalue weighted by Crippen LogP contribution is 2.40. The Kier molecular flexibility index (Phi) is 7.75. The molecule has 3 aromatic rings. The van der Waals surface area contributed by atoms with E-state index in [2.05, 4.69) is 14.9 Å². The summed E-state index contributed by atoms with van der Waals surface area (Å²) in [5.41, 5.74) is 1.30. The molecule has 2 fully saturated rings. The molecular weight excluding hydrogens is 539 g/mol. The number of methoxy groups -OCH3 is 1. The van der Waals surface area contributed by atoms with Crippen molar-refractivity contribution < 1.29 is 23.8 Å². The van der Waals surface area contributed by atoms with Gasteiger partial charge in [0.1, 0.15) is 11.4 Å². The molecule has 194 valence electrons. The topological polar surface area (TPSA) is 106 Å². The van der Waals surface area contributed by atoms with Crippen LogP contribution in [0, 0.1) is 11.7 Å². The molecule has 2 aliphatic heterocycles. The first-order valence-electron chi connectivity index (χ1n) is 11.7.